The molecule has 0 aliphatic heterocycles. The van der Waals surface area contributed by atoms with Crippen molar-refractivity contribution in [3.8, 4) is 17.2 Å². The van der Waals surface area contributed by atoms with Crippen molar-refractivity contribution < 1.29 is 14.2 Å². The summed E-state index contributed by atoms with van der Waals surface area (Å²) < 4.78 is 20.2. The summed E-state index contributed by atoms with van der Waals surface area (Å²) in [4.78, 5) is 13.7. The van der Waals surface area contributed by atoms with E-state index in [1.807, 2.05) is 73.0 Å². The maximum atomic E-state index is 13.7. The monoisotopic (exact) mass is 491 g/mol. The molecular weight excluding hydrogens is 450 g/mol. The van der Waals surface area contributed by atoms with Crippen molar-refractivity contribution in [3.05, 3.63) is 76.1 Å². The molecule has 0 N–H and O–H groups in total. The smallest absolute Gasteiger partial charge is 0.297 e. The van der Waals surface area contributed by atoms with Crippen LogP contribution in [0.2, 0.25) is 0 Å². The number of rotatable bonds is 15. The van der Waals surface area contributed by atoms with Gasteiger partial charge in [0, 0.05) is 18.0 Å². The van der Waals surface area contributed by atoms with Gasteiger partial charge in [0.15, 0.2) is 5.75 Å². The summed E-state index contributed by atoms with van der Waals surface area (Å²) in [6.07, 6.45) is 8.23. The number of aryl methyl sites for hydroxylation is 1. The van der Waals surface area contributed by atoms with Crippen LogP contribution in [0.15, 0.2) is 65.0 Å². The number of fused-ring (bicyclic) bond motifs is 1. The summed E-state index contributed by atoms with van der Waals surface area (Å²) >= 11 is 0. The van der Waals surface area contributed by atoms with Crippen LogP contribution in [0.5, 0.6) is 17.2 Å². The van der Waals surface area contributed by atoms with Gasteiger partial charge in [-0.25, -0.2) is 0 Å². The van der Waals surface area contributed by atoms with Crippen LogP contribution in [-0.4, -0.2) is 17.8 Å². The summed E-state index contributed by atoms with van der Waals surface area (Å²) in [5, 5.41) is 0.864. The highest BCUT2D eigenvalue weighted by Crippen LogP contribution is 2.35. The molecular formula is C31H41NO4. The van der Waals surface area contributed by atoms with Crippen molar-refractivity contribution in [1.82, 2.24) is 4.57 Å². The van der Waals surface area contributed by atoms with Crippen molar-refractivity contribution >= 4 is 10.9 Å². The molecule has 5 heteroatoms. The van der Waals surface area contributed by atoms with Gasteiger partial charge >= 0.3 is 0 Å². The minimum atomic E-state index is -0.140. The van der Waals surface area contributed by atoms with E-state index >= 15 is 0 Å². The third-order valence-corrected chi connectivity index (χ3v) is 6.10. The minimum absolute atomic E-state index is 0.140. The molecule has 0 aliphatic rings. The minimum Gasteiger partial charge on any atom is -0.489 e. The first-order valence-electron chi connectivity index (χ1n) is 13.3. The molecule has 0 atom stereocenters. The topological polar surface area (TPSA) is 49.7 Å². The van der Waals surface area contributed by atoms with Crippen LogP contribution in [0.3, 0.4) is 0 Å². The second-order valence-electron chi connectivity index (χ2n) is 9.42. The molecule has 0 fully saturated rings. The van der Waals surface area contributed by atoms with Gasteiger partial charge in [-0.2, -0.15) is 0 Å². The summed E-state index contributed by atoms with van der Waals surface area (Å²) in [7, 11) is 0. The Morgan fingerprint density at radius 2 is 1.64 bits per heavy atom. The third kappa shape index (κ3) is 7.64. The van der Waals surface area contributed by atoms with Crippen molar-refractivity contribution in [1.29, 1.82) is 0 Å². The molecule has 0 saturated heterocycles. The van der Waals surface area contributed by atoms with E-state index in [1.165, 1.54) is 0 Å². The van der Waals surface area contributed by atoms with Crippen molar-refractivity contribution in [2.45, 2.75) is 79.4 Å². The van der Waals surface area contributed by atoms with Gasteiger partial charge in [-0.15, -0.1) is 0 Å². The average Bonchev–Trinajstić information content (AvgIpc) is 2.88. The molecule has 0 saturated carbocycles. The van der Waals surface area contributed by atoms with Gasteiger partial charge in [0.05, 0.1) is 12.1 Å². The van der Waals surface area contributed by atoms with Crippen molar-refractivity contribution in [3.63, 3.8) is 0 Å². The Labute approximate surface area is 215 Å². The lowest BCUT2D eigenvalue weighted by Crippen LogP contribution is -2.24. The largest absolute Gasteiger partial charge is 0.489 e. The highest BCUT2D eigenvalue weighted by Gasteiger charge is 2.20. The Kier molecular flexibility index (Phi) is 10.9. The Morgan fingerprint density at radius 1 is 0.861 bits per heavy atom. The normalized spacial score (nSPS) is 10.9. The van der Waals surface area contributed by atoms with E-state index in [0.717, 1.165) is 66.3 Å². The number of unbranched alkanes of at least 4 members (excludes halogenated alkanes) is 4. The number of pyridine rings is 1. The first-order valence-corrected chi connectivity index (χ1v) is 13.3. The molecule has 0 radical (unpaired) electrons. The van der Waals surface area contributed by atoms with Crippen LogP contribution in [0.1, 0.15) is 71.8 Å². The molecule has 1 aromatic heterocycles. The van der Waals surface area contributed by atoms with E-state index in [1.54, 1.807) is 0 Å². The van der Waals surface area contributed by atoms with Crippen LogP contribution >= 0.6 is 0 Å². The van der Waals surface area contributed by atoms with Gasteiger partial charge in [0.2, 0.25) is 5.75 Å². The third-order valence-electron chi connectivity index (χ3n) is 6.10. The Balaban J connectivity index is 2.02. The van der Waals surface area contributed by atoms with Crippen LogP contribution in [-0.2, 0) is 13.2 Å². The molecule has 0 unspecified atom stereocenters. The lowest BCUT2D eigenvalue weighted by Gasteiger charge is -2.19. The molecule has 1 heterocycles. The Morgan fingerprint density at radius 3 is 2.36 bits per heavy atom. The molecule has 36 heavy (non-hydrogen) atoms. The maximum absolute atomic E-state index is 13.7. The molecule has 3 aromatic rings. The number of ether oxygens (including phenoxy) is 3. The van der Waals surface area contributed by atoms with Gasteiger partial charge in [-0.05, 0) is 50.5 Å². The predicted octanol–water partition coefficient (Wildman–Crippen LogP) is 7.68. The van der Waals surface area contributed by atoms with Gasteiger partial charge in [-0.3, -0.25) is 4.79 Å². The highest BCUT2D eigenvalue weighted by molar-refractivity contribution is 5.89. The lowest BCUT2D eigenvalue weighted by atomic mass is 10.1. The number of allylic oxidation sites excluding steroid dienone is 1. The summed E-state index contributed by atoms with van der Waals surface area (Å²) in [5.41, 5.74) is 2.93. The molecule has 2 aromatic carbocycles. The van der Waals surface area contributed by atoms with Crippen LogP contribution in [0.25, 0.3) is 10.9 Å². The number of aromatic nitrogens is 1. The molecule has 5 nitrogen and oxygen atoms in total. The van der Waals surface area contributed by atoms with E-state index in [-0.39, 0.29) is 5.56 Å². The van der Waals surface area contributed by atoms with E-state index in [2.05, 4.69) is 13.8 Å². The second-order valence-corrected chi connectivity index (χ2v) is 9.42. The number of hydrogen-bond acceptors (Lipinski definition) is 4. The number of benzene rings is 2. The van der Waals surface area contributed by atoms with E-state index in [9.17, 15) is 4.79 Å². The molecule has 0 amide bonds. The predicted molar refractivity (Wildman–Crippen MR) is 148 cm³/mol. The van der Waals surface area contributed by atoms with E-state index < -0.39 is 0 Å². The standard InChI is InChI=1S/C31H41NO4/c1-5-7-9-13-20-34-30-29(35-21-18-24(3)4)27-17-16-26(36-23-25-14-11-10-12-15-25)22-28(27)32(31(30)33)19-8-6-2/h10-12,14-18,22H,5-9,13,19-21,23H2,1-4H3. The maximum Gasteiger partial charge on any atom is 0.297 e. The van der Waals surface area contributed by atoms with Gasteiger partial charge in [0.25, 0.3) is 5.56 Å². The SMILES string of the molecule is CCCCCCOc1c(OCC=C(C)C)c2ccc(OCc3ccccc3)cc2n(CCCC)c1=O. The van der Waals surface area contributed by atoms with E-state index in [0.29, 0.717) is 37.9 Å². The van der Waals surface area contributed by atoms with E-state index in [4.69, 9.17) is 14.2 Å². The second kappa shape index (κ2) is 14.4. The summed E-state index contributed by atoms with van der Waals surface area (Å²) in [6, 6.07) is 16.0. The van der Waals surface area contributed by atoms with Crippen molar-refractivity contribution in [2.75, 3.05) is 13.2 Å². The Hall–Kier alpha value is -3.21. The fourth-order valence-electron chi connectivity index (χ4n) is 4.01. The van der Waals surface area contributed by atoms with Crippen molar-refractivity contribution in [2.24, 2.45) is 0 Å². The van der Waals surface area contributed by atoms with Gasteiger partial charge in [0.1, 0.15) is 19.0 Å². The Bertz CT molecular complexity index is 1180. The van der Waals surface area contributed by atoms with Crippen LogP contribution < -0.4 is 19.8 Å². The molecule has 0 spiro atoms. The van der Waals surface area contributed by atoms with Gasteiger partial charge < -0.3 is 18.8 Å². The van der Waals surface area contributed by atoms with Crippen LogP contribution in [0, 0.1) is 0 Å². The fraction of sp³-hybridized carbons (Fsp3) is 0.452. The highest BCUT2D eigenvalue weighted by atomic mass is 16.5. The average molecular weight is 492 g/mol. The summed E-state index contributed by atoms with van der Waals surface area (Å²) in [5.74, 6) is 1.56. The first kappa shape index (κ1) is 27.4. The fourth-order valence-corrected chi connectivity index (χ4v) is 4.01. The zero-order chi connectivity index (χ0) is 25.8. The first-order chi connectivity index (χ1) is 17.5. The molecule has 0 bridgehead atoms. The number of hydrogen-bond donors (Lipinski definition) is 0. The van der Waals surface area contributed by atoms with Gasteiger partial charge in [-0.1, -0.05) is 75.4 Å². The quantitative estimate of drug-likeness (QED) is 0.162. The number of nitrogens with zero attached hydrogens (tertiary/aromatic N) is 1. The zero-order valence-electron chi connectivity index (χ0n) is 22.3. The molecule has 3 rings (SSSR count). The zero-order valence-corrected chi connectivity index (χ0v) is 22.3. The molecule has 0 aliphatic carbocycles. The lowest BCUT2D eigenvalue weighted by molar-refractivity contribution is 0.272. The van der Waals surface area contributed by atoms with Crippen LogP contribution in [0.4, 0.5) is 0 Å². The molecule has 194 valence electrons. The summed E-state index contributed by atoms with van der Waals surface area (Å²) in [6.45, 7) is 10.4.